The van der Waals surface area contributed by atoms with E-state index in [-0.39, 0.29) is 12.2 Å². The number of rotatable bonds is 9. The Kier molecular flexibility index (Phi) is 8.84. The lowest BCUT2D eigenvalue weighted by Gasteiger charge is -2.18. The molecule has 0 aliphatic heterocycles. The van der Waals surface area contributed by atoms with Crippen molar-refractivity contribution in [2.24, 2.45) is 0 Å². The van der Waals surface area contributed by atoms with Crippen LogP contribution in [0.15, 0.2) is 0 Å². The molecule has 4 nitrogen and oxygen atoms in total. The summed E-state index contributed by atoms with van der Waals surface area (Å²) < 4.78 is 0. The van der Waals surface area contributed by atoms with E-state index >= 15 is 0 Å². The van der Waals surface area contributed by atoms with Gasteiger partial charge in [0.25, 0.3) is 0 Å². The zero-order valence-electron chi connectivity index (χ0n) is 11.0. The fourth-order valence-corrected chi connectivity index (χ4v) is 1.83. The van der Waals surface area contributed by atoms with Crippen LogP contribution in [0.1, 0.15) is 40.5 Å². The Hall–Kier alpha value is -0.160. The molecule has 0 saturated carbocycles. The molecule has 0 aliphatic rings. The van der Waals surface area contributed by atoms with Crippen LogP contribution in [-0.4, -0.2) is 47.6 Å². The molecule has 0 radical (unpaired) electrons. The molecule has 0 fully saturated rings. The Morgan fingerprint density at radius 2 is 1.06 bits per heavy atom. The highest BCUT2D eigenvalue weighted by atomic mass is 16.3. The highest BCUT2D eigenvalue weighted by molar-refractivity contribution is 4.67. The summed E-state index contributed by atoms with van der Waals surface area (Å²) in [5.41, 5.74) is 0. The highest BCUT2D eigenvalue weighted by Crippen LogP contribution is 1.97. The first-order valence-corrected chi connectivity index (χ1v) is 6.24. The molecule has 4 N–H and O–H groups in total. The molecule has 4 heteroatoms. The van der Waals surface area contributed by atoms with Crippen LogP contribution < -0.4 is 10.6 Å². The molecular weight excluding hydrogens is 204 g/mol. The largest absolute Gasteiger partial charge is 0.393 e. The lowest BCUT2D eigenvalue weighted by molar-refractivity contribution is 0.167. The van der Waals surface area contributed by atoms with Gasteiger partial charge in [-0.05, 0) is 40.5 Å². The standard InChI is InChI=1S/C12H28N2O2/c1-9(7-11(3)15)13-5-6-14-10(2)8-12(4)16/h9-16H,5-8H2,1-4H3. The molecule has 4 atom stereocenters. The SMILES string of the molecule is CC(O)CC(C)NCCNC(C)CC(C)O. The van der Waals surface area contributed by atoms with Crippen molar-refractivity contribution in [1.29, 1.82) is 0 Å². The van der Waals surface area contributed by atoms with Crippen LogP contribution in [0.5, 0.6) is 0 Å². The van der Waals surface area contributed by atoms with Gasteiger partial charge in [0.2, 0.25) is 0 Å². The van der Waals surface area contributed by atoms with Crippen LogP contribution in [0.3, 0.4) is 0 Å². The van der Waals surface area contributed by atoms with Crippen LogP contribution in [-0.2, 0) is 0 Å². The van der Waals surface area contributed by atoms with Crippen molar-refractivity contribution in [3.63, 3.8) is 0 Å². The van der Waals surface area contributed by atoms with E-state index in [1.54, 1.807) is 13.8 Å². The van der Waals surface area contributed by atoms with Crippen LogP contribution in [0.25, 0.3) is 0 Å². The van der Waals surface area contributed by atoms with E-state index in [1.807, 2.05) is 0 Å². The van der Waals surface area contributed by atoms with Gasteiger partial charge < -0.3 is 20.8 Å². The molecule has 0 aromatic rings. The van der Waals surface area contributed by atoms with Crippen molar-refractivity contribution < 1.29 is 10.2 Å². The maximum Gasteiger partial charge on any atom is 0.0526 e. The predicted molar refractivity (Wildman–Crippen MR) is 67.5 cm³/mol. The van der Waals surface area contributed by atoms with Crippen molar-refractivity contribution in [3.8, 4) is 0 Å². The van der Waals surface area contributed by atoms with E-state index in [0.29, 0.717) is 12.1 Å². The molecule has 98 valence electrons. The van der Waals surface area contributed by atoms with Gasteiger partial charge in [-0.3, -0.25) is 0 Å². The average molecular weight is 232 g/mol. The van der Waals surface area contributed by atoms with E-state index in [0.717, 1.165) is 25.9 Å². The van der Waals surface area contributed by atoms with Gasteiger partial charge in [0.1, 0.15) is 0 Å². The molecular formula is C12H28N2O2. The quantitative estimate of drug-likeness (QED) is 0.437. The molecule has 0 aromatic carbocycles. The minimum absolute atomic E-state index is 0.246. The van der Waals surface area contributed by atoms with E-state index in [4.69, 9.17) is 0 Å². The molecule has 0 amide bonds. The van der Waals surface area contributed by atoms with E-state index in [1.165, 1.54) is 0 Å². The summed E-state index contributed by atoms with van der Waals surface area (Å²) in [4.78, 5) is 0. The lowest BCUT2D eigenvalue weighted by atomic mass is 10.1. The molecule has 0 heterocycles. The predicted octanol–water partition coefficient (Wildman–Crippen LogP) is 0.484. The van der Waals surface area contributed by atoms with Gasteiger partial charge in [-0.2, -0.15) is 0 Å². The molecule has 0 saturated heterocycles. The van der Waals surface area contributed by atoms with Gasteiger partial charge in [0, 0.05) is 25.2 Å². The number of aliphatic hydroxyl groups excluding tert-OH is 2. The number of nitrogens with one attached hydrogen (secondary N) is 2. The second-order valence-electron chi connectivity index (χ2n) is 4.88. The molecule has 16 heavy (non-hydrogen) atoms. The third-order valence-electron chi connectivity index (χ3n) is 2.50. The van der Waals surface area contributed by atoms with Crippen LogP contribution in [0.2, 0.25) is 0 Å². The van der Waals surface area contributed by atoms with E-state index in [9.17, 15) is 10.2 Å². The topological polar surface area (TPSA) is 64.5 Å². The summed E-state index contributed by atoms with van der Waals surface area (Å²) in [6.45, 7) is 9.54. The van der Waals surface area contributed by atoms with Crippen LogP contribution >= 0.6 is 0 Å². The van der Waals surface area contributed by atoms with Gasteiger partial charge in [-0.15, -0.1) is 0 Å². The van der Waals surface area contributed by atoms with Crippen molar-refractivity contribution in [1.82, 2.24) is 10.6 Å². The van der Waals surface area contributed by atoms with Crippen molar-refractivity contribution >= 4 is 0 Å². The first-order valence-electron chi connectivity index (χ1n) is 6.24. The fraction of sp³-hybridized carbons (Fsp3) is 1.00. The van der Waals surface area contributed by atoms with Gasteiger partial charge in [-0.25, -0.2) is 0 Å². The molecule has 0 rings (SSSR count). The normalized spacial score (nSPS) is 19.1. The number of aliphatic hydroxyl groups is 2. The maximum absolute atomic E-state index is 9.18. The Morgan fingerprint density at radius 3 is 1.31 bits per heavy atom. The smallest absolute Gasteiger partial charge is 0.0526 e. The second kappa shape index (κ2) is 8.93. The summed E-state index contributed by atoms with van der Waals surface area (Å²) >= 11 is 0. The summed E-state index contributed by atoms with van der Waals surface area (Å²) in [7, 11) is 0. The molecule has 4 unspecified atom stereocenters. The maximum atomic E-state index is 9.18. The first-order chi connectivity index (χ1) is 7.41. The molecule has 0 aromatic heterocycles. The summed E-state index contributed by atoms with van der Waals surface area (Å²) in [6.07, 6.45) is 1.07. The monoisotopic (exact) mass is 232 g/mol. The number of hydrogen-bond acceptors (Lipinski definition) is 4. The molecule has 0 aliphatic carbocycles. The highest BCUT2D eigenvalue weighted by Gasteiger charge is 2.06. The Morgan fingerprint density at radius 1 is 0.750 bits per heavy atom. The second-order valence-corrected chi connectivity index (χ2v) is 4.88. The van der Waals surface area contributed by atoms with Crippen LogP contribution in [0, 0.1) is 0 Å². The minimum Gasteiger partial charge on any atom is -0.393 e. The molecule has 0 bridgehead atoms. The Labute approximate surface area is 99.4 Å². The van der Waals surface area contributed by atoms with Crippen molar-refractivity contribution in [3.05, 3.63) is 0 Å². The third-order valence-corrected chi connectivity index (χ3v) is 2.50. The zero-order chi connectivity index (χ0) is 12.6. The summed E-state index contributed by atoms with van der Waals surface area (Å²) in [6, 6.07) is 0.683. The van der Waals surface area contributed by atoms with E-state index in [2.05, 4.69) is 24.5 Å². The van der Waals surface area contributed by atoms with Crippen LogP contribution in [0.4, 0.5) is 0 Å². The minimum atomic E-state index is -0.246. The molecule has 0 spiro atoms. The fourth-order valence-electron chi connectivity index (χ4n) is 1.83. The van der Waals surface area contributed by atoms with Crippen molar-refractivity contribution in [2.75, 3.05) is 13.1 Å². The van der Waals surface area contributed by atoms with E-state index < -0.39 is 0 Å². The number of hydrogen-bond donors (Lipinski definition) is 4. The van der Waals surface area contributed by atoms with Gasteiger partial charge in [-0.1, -0.05) is 0 Å². The lowest BCUT2D eigenvalue weighted by Crippen LogP contribution is -2.38. The summed E-state index contributed by atoms with van der Waals surface area (Å²) in [5, 5.41) is 25.0. The summed E-state index contributed by atoms with van der Waals surface area (Å²) in [5.74, 6) is 0. The third kappa shape index (κ3) is 10.4. The van der Waals surface area contributed by atoms with Gasteiger partial charge in [0.05, 0.1) is 12.2 Å². The first kappa shape index (κ1) is 15.8. The Balaban J connectivity index is 3.38. The van der Waals surface area contributed by atoms with Gasteiger partial charge in [0.15, 0.2) is 0 Å². The van der Waals surface area contributed by atoms with Gasteiger partial charge >= 0.3 is 0 Å². The Bertz CT molecular complexity index is 145. The zero-order valence-corrected chi connectivity index (χ0v) is 11.0. The average Bonchev–Trinajstić information content (AvgIpc) is 2.10. The van der Waals surface area contributed by atoms with Crippen molar-refractivity contribution in [2.45, 2.75) is 64.8 Å².